The van der Waals surface area contributed by atoms with Gasteiger partial charge in [0.05, 0.1) is 5.56 Å². The van der Waals surface area contributed by atoms with Crippen molar-refractivity contribution in [2.45, 2.75) is 25.6 Å². The van der Waals surface area contributed by atoms with Crippen LogP contribution >= 0.6 is 0 Å². The number of nitrogens with zero attached hydrogens (tertiary/aromatic N) is 4. The Morgan fingerprint density at radius 3 is 2.66 bits per heavy atom. The van der Waals surface area contributed by atoms with Crippen molar-refractivity contribution in [2.24, 2.45) is 0 Å². The van der Waals surface area contributed by atoms with Crippen LogP contribution in [0.2, 0.25) is 0 Å². The van der Waals surface area contributed by atoms with Crippen molar-refractivity contribution < 1.29 is 18.0 Å². The van der Waals surface area contributed by atoms with Crippen LogP contribution < -0.4 is 16.4 Å². The maximum Gasteiger partial charge on any atom is 0.417 e. The molecule has 3 heterocycles. The van der Waals surface area contributed by atoms with Gasteiger partial charge in [-0.3, -0.25) is 9.69 Å². The molecule has 0 unspecified atom stereocenters. The number of likely N-dealkylation sites (N-methyl/N-ethyl adjacent to an activating group) is 1. The Bertz CT molecular complexity index is 1340. The van der Waals surface area contributed by atoms with Crippen LogP contribution in [0, 0.1) is 0 Å². The third-order valence-electron chi connectivity index (χ3n) is 7.19. The van der Waals surface area contributed by atoms with E-state index >= 15 is 0 Å². The molecule has 0 bridgehead atoms. The molecule has 200 valence electrons. The van der Waals surface area contributed by atoms with Crippen LogP contribution in [0.4, 0.5) is 30.4 Å². The van der Waals surface area contributed by atoms with Crippen molar-refractivity contribution in [3.8, 4) is 0 Å². The SMILES string of the molecule is CN1CCN(Cc2ccc(NC(=O)c3ccc4c(c3)NCC4)c(Cc3cncnc3N)c2C(F)(F)F)CC1. The first kappa shape index (κ1) is 25.9. The molecule has 1 aromatic heterocycles. The molecule has 38 heavy (non-hydrogen) atoms. The summed E-state index contributed by atoms with van der Waals surface area (Å²) in [5, 5.41) is 5.96. The number of benzene rings is 2. The van der Waals surface area contributed by atoms with Crippen LogP contribution in [0.3, 0.4) is 0 Å². The molecule has 0 atom stereocenters. The molecule has 1 saturated heterocycles. The first-order chi connectivity index (χ1) is 18.2. The second-order valence-electron chi connectivity index (χ2n) is 9.82. The van der Waals surface area contributed by atoms with E-state index in [0.717, 1.165) is 37.3 Å². The van der Waals surface area contributed by atoms with Crippen molar-refractivity contribution in [2.75, 3.05) is 56.1 Å². The molecular formula is C27H30F3N7O. The zero-order valence-electron chi connectivity index (χ0n) is 21.1. The van der Waals surface area contributed by atoms with Gasteiger partial charge in [-0.25, -0.2) is 9.97 Å². The molecule has 5 rings (SSSR count). The number of carbonyl (C=O) groups excluding carboxylic acids is 1. The van der Waals surface area contributed by atoms with Crippen molar-refractivity contribution in [1.29, 1.82) is 0 Å². The number of piperazine rings is 1. The van der Waals surface area contributed by atoms with Gasteiger partial charge in [0, 0.05) is 74.4 Å². The van der Waals surface area contributed by atoms with Gasteiger partial charge >= 0.3 is 6.18 Å². The summed E-state index contributed by atoms with van der Waals surface area (Å²) in [4.78, 5) is 25.3. The normalized spacial score (nSPS) is 16.2. The minimum atomic E-state index is -4.65. The van der Waals surface area contributed by atoms with E-state index in [0.29, 0.717) is 24.2 Å². The van der Waals surface area contributed by atoms with Gasteiger partial charge in [0.1, 0.15) is 12.1 Å². The highest BCUT2D eigenvalue weighted by atomic mass is 19.4. The Hall–Kier alpha value is -3.70. The van der Waals surface area contributed by atoms with E-state index in [-0.39, 0.29) is 35.6 Å². The Kier molecular flexibility index (Phi) is 7.22. The summed E-state index contributed by atoms with van der Waals surface area (Å²) in [5.74, 6) is -0.389. The van der Waals surface area contributed by atoms with E-state index in [1.165, 1.54) is 18.6 Å². The topological polar surface area (TPSA) is 99.4 Å². The largest absolute Gasteiger partial charge is 0.417 e. The van der Waals surface area contributed by atoms with Gasteiger partial charge in [-0.2, -0.15) is 13.2 Å². The van der Waals surface area contributed by atoms with E-state index in [1.54, 1.807) is 18.2 Å². The lowest BCUT2D eigenvalue weighted by molar-refractivity contribution is -0.139. The zero-order chi connectivity index (χ0) is 26.9. The van der Waals surface area contributed by atoms with Gasteiger partial charge in [-0.1, -0.05) is 12.1 Å². The predicted molar refractivity (Wildman–Crippen MR) is 140 cm³/mol. The number of halogens is 3. The number of anilines is 3. The molecule has 11 heteroatoms. The van der Waals surface area contributed by atoms with Crippen LogP contribution in [0.5, 0.6) is 0 Å². The fraction of sp³-hybridized carbons (Fsp3) is 0.370. The molecule has 3 aromatic rings. The quantitative estimate of drug-likeness (QED) is 0.452. The van der Waals surface area contributed by atoms with Gasteiger partial charge in [-0.05, 0) is 48.4 Å². The van der Waals surface area contributed by atoms with Gasteiger partial charge in [0.25, 0.3) is 5.91 Å². The number of alkyl halides is 3. The van der Waals surface area contributed by atoms with Crippen LogP contribution in [0.15, 0.2) is 42.9 Å². The minimum Gasteiger partial charge on any atom is -0.384 e. The second kappa shape index (κ2) is 10.6. The summed E-state index contributed by atoms with van der Waals surface area (Å²) < 4.78 is 44.1. The number of rotatable bonds is 6. The van der Waals surface area contributed by atoms with Crippen LogP contribution in [0.1, 0.15) is 38.2 Å². The smallest absolute Gasteiger partial charge is 0.384 e. The highest BCUT2D eigenvalue weighted by Crippen LogP contribution is 2.40. The molecule has 0 aliphatic carbocycles. The van der Waals surface area contributed by atoms with E-state index < -0.39 is 17.6 Å². The molecule has 0 saturated carbocycles. The molecule has 0 radical (unpaired) electrons. The van der Waals surface area contributed by atoms with Crippen molar-refractivity contribution in [1.82, 2.24) is 19.8 Å². The van der Waals surface area contributed by atoms with Crippen molar-refractivity contribution in [3.63, 3.8) is 0 Å². The lowest BCUT2D eigenvalue weighted by Gasteiger charge is -2.33. The monoisotopic (exact) mass is 525 g/mol. The molecule has 2 aliphatic heterocycles. The van der Waals surface area contributed by atoms with Crippen LogP contribution in [-0.4, -0.2) is 65.4 Å². The van der Waals surface area contributed by atoms with Gasteiger partial charge in [0.15, 0.2) is 0 Å². The zero-order valence-corrected chi connectivity index (χ0v) is 21.1. The Labute approximate surface area is 219 Å². The highest BCUT2D eigenvalue weighted by molar-refractivity contribution is 6.05. The van der Waals surface area contributed by atoms with Gasteiger partial charge in [-0.15, -0.1) is 0 Å². The summed E-state index contributed by atoms with van der Waals surface area (Å²) in [5.41, 5.74) is 8.10. The number of nitrogen functional groups attached to an aromatic ring is 1. The number of nitrogens with two attached hydrogens (primary N) is 1. The van der Waals surface area contributed by atoms with Gasteiger partial charge in [0.2, 0.25) is 0 Å². The molecule has 2 aromatic carbocycles. The van der Waals surface area contributed by atoms with Crippen LogP contribution in [0.25, 0.3) is 0 Å². The molecule has 1 fully saturated rings. The fourth-order valence-corrected chi connectivity index (χ4v) is 5.05. The number of aromatic nitrogens is 2. The van der Waals surface area contributed by atoms with E-state index in [4.69, 9.17) is 5.73 Å². The third-order valence-corrected chi connectivity index (χ3v) is 7.19. The van der Waals surface area contributed by atoms with E-state index in [9.17, 15) is 18.0 Å². The summed E-state index contributed by atoms with van der Waals surface area (Å²) in [6.07, 6.45) is -1.31. The average Bonchev–Trinajstić information content (AvgIpc) is 3.35. The first-order valence-electron chi connectivity index (χ1n) is 12.5. The number of hydrogen-bond acceptors (Lipinski definition) is 7. The van der Waals surface area contributed by atoms with Crippen LogP contribution in [-0.2, 0) is 25.6 Å². The molecule has 2 aliphatic rings. The van der Waals surface area contributed by atoms with Crippen molar-refractivity contribution >= 4 is 23.1 Å². The van der Waals surface area contributed by atoms with E-state index in [2.05, 4.69) is 25.5 Å². The number of carbonyl (C=O) groups is 1. The summed E-state index contributed by atoms with van der Waals surface area (Å²) in [6.45, 7) is 3.86. The Morgan fingerprint density at radius 1 is 1.13 bits per heavy atom. The number of hydrogen-bond donors (Lipinski definition) is 3. The van der Waals surface area contributed by atoms with Gasteiger partial charge < -0.3 is 21.3 Å². The molecular weight excluding hydrogens is 495 g/mol. The molecule has 0 spiro atoms. The fourth-order valence-electron chi connectivity index (χ4n) is 5.05. The highest BCUT2D eigenvalue weighted by Gasteiger charge is 2.38. The van der Waals surface area contributed by atoms with E-state index in [1.807, 2.05) is 18.0 Å². The standard InChI is InChI=1S/C27H30F3N7O/c1-36-8-10-37(11-9-36)15-19-4-5-22(35-26(38)18-3-2-17-6-7-33-23(17)13-18)21(24(19)27(28,29)30)12-20-14-32-16-34-25(20)31/h2-5,13-14,16,33H,6-12,15H2,1H3,(H,35,38)(H2,31,32,34). The molecule has 4 N–H and O–H groups in total. The van der Waals surface area contributed by atoms with Crippen molar-refractivity contribution in [3.05, 3.63) is 76.2 Å². The lowest BCUT2D eigenvalue weighted by Crippen LogP contribution is -2.44. The average molecular weight is 526 g/mol. The second-order valence-corrected chi connectivity index (χ2v) is 9.82. The lowest BCUT2D eigenvalue weighted by atomic mass is 9.93. The number of amides is 1. The molecule has 8 nitrogen and oxygen atoms in total. The number of nitrogens with one attached hydrogen (secondary N) is 2. The summed E-state index contributed by atoms with van der Waals surface area (Å²) in [6, 6.07) is 8.31. The number of fused-ring (bicyclic) bond motifs is 1. The third kappa shape index (κ3) is 5.58. The Balaban J connectivity index is 1.54. The first-order valence-corrected chi connectivity index (χ1v) is 12.5. The Morgan fingerprint density at radius 2 is 1.92 bits per heavy atom. The minimum absolute atomic E-state index is 0.0572. The summed E-state index contributed by atoms with van der Waals surface area (Å²) in [7, 11) is 2.00. The maximum absolute atomic E-state index is 14.7. The predicted octanol–water partition coefficient (Wildman–Crippen LogP) is 3.64. The molecule has 1 amide bonds. The maximum atomic E-state index is 14.7. The summed E-state index contributed by atoms with van der Waals surface area (Å²) >= 11 is 0.